The van der Waals surface area contributed by atoms with Crippen LogP contribution in [-0.2, 0) is 4.79 Å². The van der Waals surface area contributed by atoms with E-state index in [1.807, 2.05) is 0 Å². The smallest absolute Gasteiger partial charge is 0.306 e. The molecule has 0 rings (SSSR count). The number of carboxylic acid groups (broad SMARTS) is 1. The number of aliphatic hydroxyl groups is 1. The Balaban J connectivity index is 3.43. The molecule has 0 aliphatic rings. The van der Waals surface area contributed by atoms with Gasteiger partial charge in [-0.25, -0.2) is 0 Å². The van der Waals surface area contributed by atoms with E-state index in [9.17, 15) is 15.0 Å². The largest absolute Gasteiger partial charge is 0.481 e. The van der Waals surface area contributed by atoms with Crippen molar-refractivity contribution in [2.24, 2.45) is 5.92 Å². The van der Waals surface area contributed by atoms with Crippen molar-refractivity contribution < 1.29 is 15.0 Å². The van der Waals surface area contributed by atoms with Gasteiger partial charge in [0, 0.05) is 0 Å². The molecule has 222 valence electrons. The van der Waals surface area contributed by atoms with Crippen molar-refractivity contribution >= 4 is 5.97 Å². The van der Waals surface area contributed by atoms with E-state index in [-0.39, 0.29) is 12.0 Å². The second-order valence-corrected chi connectivity index (χ2v) is 12.0. The lowest BCUT2D eigenvalue weighted by atomic mass is 9.94. The van der Waals surface area contributed by atoms with Crippen molar-refractivity contribution in [3.8, 4) is 0 Å². The summed E-state index contributed by atoms with van der Waals surface area (Å²) in [5.74, 6) is -0.709. The van der Waals surface area contributed by atoms with Crippen LogP contribution in [0.25, 0.3) is 0 Å². The first-order valence-corrected chi connectivity index (χ1v) is 17.0. The Kier molecular flexibility index (Phi) is 29.5. The Hall–Kier alpha value is -0.570. The van der Waals surface area contributed by atoms with Crippen molar-refractivity contribution in [2.75, 3.05) is 0 Å². The molecule has 0 saturated heterocycles. The molecule has 0 aromatic heterocycles. The van der Waals surface area contributed by atoms with Gasteiger partial charge in [0.2, 0.25) is 0 Å². The standard InChI is InChI=1S/C34H68O3/c1-3-5-7-8-9-10-11-12-13-14-15-16-17-19-22-25-28-32(34(36)37)29-26-23-20-18-21-24-27-31-33(35)30-6-4-2/h32-33,35H,3-31H2,1-2H3,(H,36,37). The van der Waals surface area contributed by atoms with Gasteiger partial charge in [0.15, 0.2) is 0 Å². The zero-order chi connectivity index (χ0) is 27.2. The predicted octanol–water partition coefficient (Wildman–Crippen LogP) is 11.4. The average molecular weight is 525 g/mol. The second-order valence-electron chi connectivity index (χ2n) is 12.0. The van der Waals surface area contributed by atoms with Crippen molar-refractivity contribution in [2.45, 2.75) is 206 Å². The van der Waals surface area contributed by atoms with Gasteiger partial charge in [-0.05, 0) is 25.7 Å². The van der Waals surface area contributed by atoms with Crippen LogP contribution in [0.2, 0.25) is 0 Å². The number of hydrogen-bond acceptors (Lipinski definition) is 2. The van der Waals surface area contributed by atoms with Crippen LogP contribution in [-0.4, -0.2) is 22.3 Å². The molecule has 0 saturated carbocycles. The highest BCUT2D eigenvalue weighted by Gasteiger charge is 2.16. The van der Waals surface area contributed by atoms with E-state index in [2.05, 4.69) is 13.8 Å². The number of hydrogen-bond donors (Lipinski definition) is 2. The maximum Gasteiger partial charge on any atom is 0.306 e. The van der Waals surface area contributed by atoms with Crippen LogP contribution in [0.15, 0.2) is 0 Å². The Morgan fingerprint density at radius 1 is 0.432 bits per heavy atom. The first-order chi connectivity index (χ1) is 18.1. The molecule has 0 heterocycles. The monoisotopic (exact) mass is 525 g/mol. The normalized spacial score (nSPS) is 13.2. The van der Waals surface area contributed by atoms with Crippen LogP contribution >= 0.6 is 0 Å². The molecule has 2 atom stereocenters. The summed E-state index contributed by atoms with van der Waals surface area (Å²) < 4.78 is 0. The third kappa shape index (κ3) is 28.3. The van der Waals surface area contributed by atoms with E-state index in [4.69, 9.17) is 0 Å². The van der Waals surface area contributed by atoms with Crippen LogP contribution in [0.1, 0.15) is 200 Å². The zero-order valence-corrected chi connectivity index (χ0v) is 25.5. The van der Waals surface area contributed by atoms with Gasteiger partial charge >= 0.3 is 5.97 Å². The summed E-state index contributed by atoms with van der Waals surface area (Å²) in [6.45, 7) is 4.46. The molecular weight excluding hydrogens is 456 g/mol. The minimum absolute atomic E-state index is 0.0951. The van der Waals surface area contributed by atoms with Gasteiger partial charge in [-0.1, -0.05) is 174 Å². The van der Waals surface area contributed by atoms with Crippen molar-refractivity contribution in [1.82, 2.24) is 0 Å². The fourth-order valence-electron chi connectivity index (χ4n) is 5.57. The number of carbonyl (C=O) groups is 1. The summed E-state index contributed by atoms with van der Waals surface area (Å²) in [7, 11) is 0. The lowest BCUT2D eigenvalue weighted by molar-refractivity contribution is -0.142. The van der Waals surface area contributed by atoms with Crippen LogP contribution in [0.3, 0.4) is 0 Å². The van der Waals surface area contributed by atoms with E-state index >= 15 is 0 Å². The fraction of sp³-hybridized carbons (Fsp3) is 0.971. The molecule has 37 heavy (non-hydrogen) atoms. The zero-order valence-electron chi connectivity index (χ0n) is 25.5. The minimum Gasteiger partial charge on any atom is -0.481 e. The van der Waals surface area contributed by atoms with E-state index in [1.54, 1.807) is 0 Å². The summed E-state index contributed by atoms with van der Waals surface area (Å²) in [6.07, 6.45) is 36.0. The van der Waals surface area contributed by atoms with Crippen molar-refractivity contribution in [1.29, 1.82) is 0 Å². The lowest BCUT2D eigenvalue weighted by Crippen LogP contribution is -2.13. The van der Waals surface area contributed by atoms with Gasteiger partial charge in [0.1, 0.15) is 0 Å². The Morgan fingerprint density at radius 2 is 0.703 bits per heavy atom. The SMILES string of the molecule is CCCCCCCCCCCCCCCCCCC(CCCCCCCCCC(O)CCCC)C(=O)O. The fourth-order valence-corrected chi connectivity index (χ4v) is 5.57. The molecule has 2 N–H and O–H groups in total. The maximum atomic E-state index is 11.6. The summed E-state index contributed by atoms with van der Waals surface area (Å²) >= 11 is 0. The van der Waals surface area contributed by atoms with Crippen molar-refractivity contribution in [3.05, 3.63) is 0 Å². The van der Waals surface area contributed by atoms with Crippen LogP contribution in [0.4, 0.5) is 0 Å². The molecule has 0 spiro atoms. The molecule has 0 fully saturated rings. The van der Waals surface area contributed by atoms with E-state index < -0.39 is 5.97 Å². The average Bonchev–Trinajstić information content (AvgIpc) is 2.89. The highest BCUT2D eigenvalue weighted by Crippen LogP contribution is 2.20. The van der Waals surface area contributed by atoms with Gasteiger partial charge in [0.25, 0.3) is 0 Å². The molecule has 0 aromatic rings. The number of rotatable bonds is 31. The second kappa shape index (κ2) is 30.0. The van der Waals surface area contributed by atoms with Crippen LogP contribution < -0.4 is 0 Å². The first kappa shape index (κ1) is 36.4. The third-order valence-electron chi connectivity index (χ3n) is 8.24. The molecule has 0 bridgehead atoms. The van der Waals surface area contributed by atoms with Gasteiger partial charge in [-0.3, -0.25) is 4.79 Å². The Bertz CT molecular complexity index is 450. The number of unbranched alkanes of at least 4 members (excludes halogenated alkanes) is 22. The molecule has 3 heteroatoms. The summed E-state index contributed by atoms with van der Waals surface area (Å²) in [4.78, 5) is 11.6. The van der Waals surface area contributed by atoms with E-state index in [1.165, 1.54) is 135 Å². The van der Waals surface area contributed by atoms with Crippen molar-refractivity contribution in [3.63, 3.8) is 0 Å². The summed E-state index contributed by atoms with van der Waals surface area (Å²) in [5.41, 5.74) is 0. The van der Waals surface area contributed by atoms with Crippen LogP contribution in [0.5, 0.6) is 0 Å². The maximum absolute atomic E-state index is 11.6. The molecule has 0 radical (unpaired) electrons. The quantitative estimate of drug-likeness (QED) is 0.0886. The summed E-state index contributed by atoms with van der Waals surface area (Å²) in [5, 5.41) is 19.5. The molecular formula is C34H68O3. The molecule has 0 amide bonds. The summed E-state index contributed by atoms with van der Waals surface area (Å²) in [6, 6.07) is 0. The highest BCUT2D eigenvalue weighted by atomic mass is 16.4. The molecule has 3 nitrogen and oxygen atoms in total. The van der Waals surface area contributed by atoms with E-state index in [0.29, 0.717) is 0 Å². The number of aliphatic hydroxyl groups excluding tert-OH is 1. The minimum atomic E-state index is -0.581. The van der Waals surface area contributed by atoms with Gasteiger partial charge < -0.3 is 10.2 Å². The van der Waals surface area contributed by atoms with Gasteiger partial charge in [0.05, 0.1) is 12.0 Å². The lowest BCUT2D eigenvalue weighted by Gasteiger charge is -2.12. The third-order valence-corrected chi connectivity index (χ3v) is 8.24. The Labute approximate surface area is 233 Å². The molecule has 0 aliphatic heterocycles. The molecule has 0 aromatic carbocycles. The highest BCUT2D eigenvalue weighted by molar-refractivity contribution is 5.69. The van der Waals surface area contributed by atoms with Gasteiger partial charge in [-0.2, -0.15) is 0 Å². The first-order valence-electron chi connectivity index (χ1n) is 17.0. The molecule has 0 aliphatic carbocycles. The topological polar surface area (TPSA) is 57.5 Å². The van der Waals surface area contributed by atoms with Gasteiger partial charge in [-0.15, -0.1) is 0 Å². The Morgan fingerprint density at radius 3 is 1.03 bits per heavy atom. The number of carboxylic acids is 1. The van der Waals surface area contributed by atoms with Crippen LogP contribution in [0, 0.1) is 5.92 Å². The molecule has 2 unspecified atom stereocenters. The van der Waals surface area contributed by atoms with E-state index in [0.717, 1.165) is 51.4 Å². The number of aliphatic carboxylic acids is 1. The predicted molar refractivity (Wildman–Crippen MR) is 162 cm³/mol.